The van der Waals surface area contributed by atoms with Crippen LogP contribution in [0.2, 0.25) is 0 Å². The Morgan fingerprint density at radius 1 is 1.23 bits per heavy atom. The van der Waals surface area contributed by atoms with Gasteiger partial charge < -0.3 is 36.6 Å². The van der Waals surface area contributed by atoms with E-state index >= 15 is 0 Å². The Labute approximate surface area is 173 Å². The molecule has 3 rings (SSSR count). The molecule has 1 aliphatic heterocycles. The van der Waals surface area contributed by atoms with Gasteiger partial charge in [-0.25, -0.2) is 19.7 Å². The Balaban J connectivity index is 1.74. The van der Waals surface area contributed by atoms with E-state index in [1.54, 1.807) is 0 Å². The molecule has 0 aromatic carbocycles. The number of aliphatic hydroxyl groups is 2. The highest BCUT2D eigenvalue weighted by molar-refractivity contribution is 7.97. The van der Waals surface area contributed by atoms with E-state index in [2.05, 4.69) is 15.0 Å². The lowest BCUT2D eigenvalue weighted by Gasteiger charge is -2.16. The average Bonchev–Trinajstić information content (AvgIpc) is 3.22. The fourth-order valence-electron chi connectivity index (χ4n) is 3.19. The number of carboxylic acid groups (broad SMARTS) is 2. The average molecular weight is 443 g/mol. The van der Waals surface area contributed by atoms with Crippen LogP contribution >= 0.6 is 0 Å². The van der Waals surface area contributed by atoms with E-state index in [0.29, 0.717) is 11.2 Å². The fourth-order valence-corrected chi connectivity index (χ4v) is 5.30. The molecular weight excluding hydrogens is 420 g/mol. The van der Waals surface area contributed by atoms with E-state index in [-0.39, 0.29) is 29.5 Å². The number of carboxylic acids is 2. The number of aliphatic carboxylic acids is 2. The van der Waals surface area contributed by atoms with Crippen molar-refractivity contribution in [1.29, 1.82) is 0 Å². The Kier molecular flexibility index (Phi) is 6.72. The van der Waals surface area contributed by atoms with Crippen molar-refractivity contribution in [3.63, 3.8) is 0 Å². The summed E-state index contributed by atoms with van der Waals surface area (Å²) in [6.07, 6.45) is -1.80. The van der Waals surface area contributed by atoms with Gasteiger partial charge in [-0.2, -0.15) is 0 Å². The lowest BCUT2D eigenvalue weighted by Crippen LogP contribution is -2.39. The second-order valence-electron chi connectivity index (χ2n) is 6.88. The molecule has 0 amide bonds. The molecule has 14 heteroatoms. The highest BCUT2D eigenvalue weighted by Gasteiger charge is 2.47. The van der Waals surface area contributed by atoms with Crippen LogP contribution in [0, 0.1) is 0 Å². The van der Waals surface area contributed by atoms with Crippen molar-refractivity contribution in [1.82, 2.24) is 19.5 Å². The van der Waals surface area contributed by atoms with Crippen LogP contribution in [0.3, 0.4) is 0 Å². The monoisotopic (exact) mass is 443 g/mol. The molecule has 8 N–H and O–H groups in total. The first kappa shape index (κ1) is 22.2. The predicted octanol–water partition coefficient (Wildman–Crippen LogP) is -2.47. The van der Waals surface area contributed by atoms with Crippen LogP contribution in [0.25, 0.3) is 11.2 Å². The lowest BCUT2D eigenvalue weighted by atomic mass is 10.1. The zero-order valence-corrected chi connectivity index (χ0v) is 16.6. The third-order valence-corrected chi connectivity index (χ3v) is 7.03. The number of fused-ring (bicyclic) bond motifs is 1. The molecule has 0 radical (unpaired) electrons. The number of ether oxygens (including phenoxy) is 1. The van der Waals surface area contributed by atoms with E-state index in [1.807, 2.05) is 0 Å². The van der Waals surface area contributed by atoms with Crippen molar-refractivity contribution in [3.8, 4) is 0 Å². The van der Waals surface area contributed by atoms with Crippen LogP contribution in [-0.2, 0) is 25.2 Å². The maximum Gasteiger partial charge on any atom is 0.353 e. The van der Waals surface area contributed by atoms with Crippen LogP contribution < -0.4 is 11.5 Å². The van der Waals surface area contributed by atoms with Crippen LogP contribution in [0.15, 0.2) is 12.7 Å². The Bertz CT molecular complexity index is 927. The number of hydrogen-bond donors (Lipinski definition) is 6. The topological polar surface area (TPSA) is 220 Å². The molecule has 1 aliphatic rings. The molecule has 3 heterocycles. The van der Waals surface area contributed by atoms with Crippen molar-refractivity contribution >= 4 is 39.8 Å². The summed E-state index contributed by atoms with van der Waals surface area (Å²) in [6.45, 7) is 0. The molecule has 6 atom stereocenters. The quantitative estimate of drug-likeness (QED) is 0.222. The third-order valence-electron chi connectivity index (χ3n) is 4.76. The molecule has 1 saturated heterocycles. The highest BCUT2D eigenvalue weighted by atomic mass is 32.2. The molecule has 2 aromatic heterocycles. The number of nitrogen functional groups attached to an aromatic ring is 1. The summed E-state index contributed by atoms with van der Waals surface area (Å²) in [5.74, 6) is -1.94. The largest absolute Gasteiger partial charge is 0.480 e. The van der Waals surface area contributed by atoms with E-state index in [1.165, 1.54) is 17.2 Å². The van der Waals surface area contributed by atoms with E-state index in [4.69, 9.17) is 26.4 Å². The second kappa shape index (κ2) is 9.09. The van der Waals surface area contributed by atoms with Gasteiger partial charge in [0.1, 0.15) is 47.7 Å². The first-order valence-electron chi connectivity index (χ1n) is 8.98. The number of aliphatic hydroxyl groups excluding tert-OH is 2. The second-order valence-corrected chi connectivity index (χ2v) is 9.14. The SMILES string of the molecule is Nc1ncnc2c1ncn2C1OC(C[S+](CCC(N)C(=O)O)CC(=O)O)C(O)C1O. The fraction of sp³-hybridized carbons (Fsp3) is 0.562. The smallest absolute Gasteiger partial charge is 0.353 e. The number of nitrogens with zero attached hydrogens (tertiary/aromatic N) is 4. The summed E-state index contributed by atoms with van der Waals surface area (Å²) in [5, 5.41) is 39.1. The highest BCUT2D eigenvalue weighted by Crippen LogP contribution is 2.33. The van der Waals surface area contributed by atoms with Gasteiger partial charge in [-0.3, -0.25) is 9.36 Å². The third kappa shape index (κ3) is 4.62. The van der Waals surface area contributed by atoms with Crippen molar-refractivity contribution in [2.45, 2.75) is 37.0 Å². The Hall–Kier alpha value is -2.52. The molecule has 164 valence electrons. The molecule has 0 spiro atoms. The molecule has 0 saturated carbocycles. The van der Waals surface area contributed by atoms with Gasteiger partial charge in [-0.05, 0) is 0 Å². The van der Waals surface area contributed by atoms with Gasteiger partial charge in [0.2, 0.25) is 5.75 Å². The van der Waals surface area contributed by atoms with Gasteiger partial charge in [0, 0.05) is 17.3 Å². The zero-order valence-electron chi connectivity index (χ0n) is 15.7. The number of carbonyl (C=O) groups is 2. The van der Waals surface area contributed by atoms with Gasteiger partial charge in [0.15, 0.2) is 17.7 Å². The number of anilines is 1. The van der Waals surface area contributed by atoms with Gasteiger partial charge in [0.25, 0.3) is 0 Å². The molecule has 6 unspecified atom stereocenters. The first-order chi connectivity index (χ1) is 14.2. The van der Waals surface area contributed by atoms with E-state index in [0.717, 1.165) is 0 Å². The van der Waals surface area contributed by atoms with Gasteiger partial charge in [-0.1, -0.05) is 0 Å². The van der Waals surface area contributed by atoms with Crippen LogP contribution in [0.4, 0.5) is 5.82 Å². The predicted molar refractivity (Wildman–Crippen MR) is 105 cm³/mol. The molecular formula is C16H23N6O7S+. The minimum absolute atomic E-state index is 0.0862. The summed E-state index contributed by atoms with van der Waals surface area (Å²) in [4.78, 5) is 34.2. The van der Waals surface area contributed by atoms with Crippen LogP contribution in [0.5, 0.6) is 0 Å². The van der Waals surface area contributed by atoms with Crippen molar-refractivity contribution < 1.29 is 34.8 Å². The maximum atomic E-state index is 11.2. The van der Waals surface area contributed by atoms with Gasteiger partial charge >= 0.3 is 11.9 Å². The molecule has 1 fully saturated rings. The Morgan fingerprint density at radius 3 is 2.63 bits per heavy atom. The zero-order chi connectivity index (χ0) is 22.0. The number of aromatic nitrogens is 4. The number of rotatable bonds is 9. The lowest BCUT2D eigenvalue weighted by molar-refractivity contribution is -0.138. The molecule has 0 aliphatic carbocycles. The summed E-state index contributed by atoms with van der Waals surface area (Å²) in [5.41, 5.74) is 11.9. The van der Waals surface area contributed by atoms with Crippen molar-refractivity contribution in [2.75, 3.05) is 23.0 Å². The molecule has 2 aromatic rings. The number of imidazole rings is 1. The number of nitrogens with two attached hydrogens (primary N) is 2. The normalized spacial score (nSPS) is 26.0. The van der Waals surface area contributed by atoms with Gasteiger partial charge in [0.05, 0.1) is 6.33 Å². The minimum atomic E-state index is -1.32. The van der Waals surface area contributed by atoms with Crippen LogP contribution in [-0.4, -0.2) is 93.5 Å². The van der Waals surface area contributed by atoms with E-state index in [9.17, 15) is 19.8 Å². The van der Waals surface area contributed by atoms with Crippen LogP contribution in [0.1, 0.15) is 12.6 Å². The summed E-state index contributed by atoms with van der Waals surface area (Å²) in [7, 11) is -0.819. The molecule has 13 nitrogen and oxygen atoms in total. The van der Waals surface area contributed by atoms with E-state index < -0.39 is 53.4 Å². The molecule has 30 heavy (non-hydrogen) atoms. The van der Waals surface area contributed by atoms with Gasteiger partial charge in [-0.15, -0.1) is 0 Å². The van der Waals surface area contributed by atoms with Crippen molar-refractivity contribution in [2.24, 2.45) is 5.73 Å². The molecule has 0 bridgehead atoms. The standard InChI is InChI=1S/C16H22N6O7S/c17-7(16(27)28)1-2-30(4-9(23)24)3-8-11(25)12(26)15(29-8)22-6-21-10-13(18)19-5-20-14(10)22/h5-8,11-12,15,25-26H,1-4,17H2,(H3-,18,19,20,23,24,27,28)/p+1. The number of hydrogen-bond acceptors (Lipinski definition) is 10. The first-order valence-corrected chi connectivity index (χ1v) is 10.7. The summed E-state index contributed by atoms with van der Waals surface area (Å²) >= 11 is 0. The maximum absolute atomic E-state index is 11.2. The van der Waals surface area contributed by atoms with Crippen molar-refractivity contribution in [3.05, 3.63) is 12.7 Å². The summed E-state index contributed by atoms with van der Waals surface area (Å²) in [6, 6.07) is -1.11. The summed E-state index contributed by atoms with van der Waals surface area (Å²) < 4.78 is 7.26. The minimum Gasteiger partial charge on any atom is -0.480 e. The Morgan fingerprint density at radius 2 is 1.97 bits per heavy atom.